The zero-order chi connectivity index (χ0) is 17.1. The van der Waals surface area contributed by atoms with Crippen LogP contribution >= 0.6 is 11.8 Å². The van der Waals surface area contributed by atoms with Crippen molar-refractivity contribution in [3.8, 4) is 0 Å². The van der Waals surface area contributed by atoms with Gasteiger partial charge in [-0.15, -0.1) is 0 Å². The van der Waals surface area contributed by atoms with E-state index in [9.17, 15) is 5.11 Å². The molecule has 1 saturated heterocycles. The topological polar surface area (TPSA) is 63.1 Å². The molecule has 2 N–H and O–H groups in total. The average molecular weight is 356 g/mol. The maximum Gasteiger partial charge on any atom is 0.185 e. The molecular formula is C19H20N2O3S. The van der Waals surface area contributed by atoms with E-state index in [1.807, 2.05) is 60.7 Å². The number of nitrogens with zero attached hydrogens (tertiary/aromatic N) is 1. The number of hydrogen-bond donors (Lipinski definition) is 2. The second-order valence-corrected chi connectivity index (χ2v) is 7.23. The van der Waals surface area contributed by atoms with Gasteiger partial charge in [0, 0.05) is 5.69 Å². The number of nitrogens with one attached hydrogen (secondary N) is 1. The zero-order valence-corrected chi connectivity index (χ0v) is 14.4. The summed E-state index contributed by atoms with van der Waals surface area (Å²) < 4.78 is 11.5. The van der Waals surface area contributed by atoms with Crippen LogP contribution in [0.4, 0.5) is 5.69 Å². The molecule has 2 aliphatic rings. The molecule has 2 heterocycles. The SMILES string of the molecule is O[C@H]1[C@H](OCc2ccccc2)OC[C@@H]2N=C(Nc3ccccc3)S[C@H]12. The van der Waals surface area contributed by atoms with Crippen LogP contribution in [0.5, 0.6) is 0 Å². The number of anilines is 1. The summed E-state index contributed by atoms with van der Waals surface area (Å²) in [5.74, 6) is 0. The van der Waals surface area contributed by atoms with Crippen LogP contribution in [-0.2, 0) is 16.1 Å². The molecule has 2 aromatic carbocycles. The van der Waals surface area contributed by atoms with E-state index >= 15 is 0 Å². The van der Waals surface area contributed by atoms with Gasteiger partial charge in [-0.05, 0) is 17.7 Å². The molecular weight excluding hydrogens is 336 g/mol. The first-order valence-corrected chi connectivity index (χ1v) is 9.19. The molecule has 4 atom stereocenters. The number of amidine groups is 1. The minimum Gasteiger partial charge on any atom is -0.387 e. The van der Waals surface area contributed by atoms with Gasteiger partial charge in [-0.2, -0.15) is 0 Å². The van der Waals surface area contributed by atoms with Crippen molar-refractivity contribution < 1.29 is 14.6 Å². The first-order chi connectivity index (χ1) is 12.3. The van der Waals surface area contributed by atoms with Crippen LogP contribution in [0, 0.1) is 0 Å². The lowest BCUT2D eigenvalue weighted by Gasteiger charge is -2.34. The highest BCUT2D eigenvalue weighted by Crippen LogP contribution is 2.35. The molecule has 0 amide bonds. The van der Waals surface area contributed by atoms with Gasteiger partial charge in [-0.1, -0.05) is 60.3 Å². The van der Waals surface area contributed by atoms with Crippen LogP contribution in [0.1, 0.15) is 5.56 Å². The van der Waals surface area contributed by atoms with E-state index in [4.69, 9.17) is 9.47 Å². The minimum atomic E-state index is -0.716. The van der Waals surface area contributed by atoms with E-state index in [2.05, 4.69) is 10.3 Å². The van der Waals surface area contributed by atoms with Gasteiger partial charge < -0.3 is 19.9 Å². The fourth-order valence-electron chi connectivity index (χ4n) is 2.94. The molecule has 2 aromatic rings. The fraction of sp³-hybridized carbons (Fsp3) is 0.316. The first kappa shape index (κ1) is 16.6. The quantitative estimate of drug-likeness (QED) is 0.882. The molecule has 4 rings (SSSR count). The number of aliphatic imine (C=N–C) groups is 1. The maximum absolute atomic E-state index is 10.6. The Morgan fingerprint density at radius 2 is 1.84 bits per heavy atom. The summed E-state index contributed by atoms with van der Waals surface area (Å²) in [6.07, 6.45) is -1.34. The molecule has 0 radical (unpaired) electrons. The van der Waals surface area contributed by atoms with Gasteiger partial charge in [0.25, 0.3) is 0 Å². The number of rotatable bonds is 4. The number of thioether (sulfide) groups is 1. The molecule has 1 fully saturated rings. The highest BCUT2D eigenvalue weighted by Gasteiger charge is 2.44. The number of aliphatic hydroxyl groups is 1. The van der Waals surface area contributed by atoms with Gasteiger partial charge in [0.15, 0.2) is 11.5 Å². The van der Waals surface area contributed by atoms with Crippen LogP contribution in [0.2, 0.25) is 0 Å². The fourth-order valence-corrected chi connectivity index (χ4v) is 4.14. The smallest absolute Gasteiger partial charge is 0.185 e. The molecule has 0 unspecified atom stereocenters. The molecule has 0 bridgehead atoms. The Balaban J connectivity index is 1.35. The lowest BCUT2D eigenvalue weighted by atomic mass is 10.1. The van der Waals surface area contributed by atoms with Crippen molar-refractivity contribution in [2.45, 2.75) is 30.3 Å². The molecule has 5 nitrogen and oxygen atoms in total. The van der Waals surface area contributed by atoms with Gasteiger partial charge in [-0.3, -0.25) is 4.99 Å². The number of para-hydroxylation sites is 1. The lowest BCUT2D eigenvalue weighted by Crippen LogP contribution is -2.50. The second-order valence-electron chi connectivity index (χ2n) is 6.06. The van der Waals surface area contributed by atoms with Crippen LogP contribution in [-0.4, -0.2) is 40.6 Å². The number of hydrogen-bond acceptors (Lipinski definition) is 6. The third-order valence-corrected chi connectivity index (χ3v) is 5.53. The Bertz CT molecular complexity index is 726. The van der Waals surface area contributed by atoms with Crippen LogP contribution < -0.4 is 5.32 Å². The monoisotopic (exact) mass is 356 g/mol. The van der Waals surface area contributed by atoms with E-state index in [-0.39, 0.29) is 11.3 Å². The summed E-state index contributed by atoms with van der Waals surface area (Å²) in [5.41, 5.74) is 2.04. The van der Waals surface area contributed by atoms with Gasteiger partial charge in [0.1, 0.15) is 6.10 Å². The Kier molecular flexibility index (Phi) is 5.03. The van der Waals surface area contributed by atoms with E-state index in [1.165, 1.54) is 0 Å². The van der Waals surface area contributed by atoms with Crippen molar-refractivity contribution in [1.82, 2.24) is 0 Å². The predicted molar refractivity (Wildman–Crippen MR) is 99.6 cm³/mol. The third-order valence-electron chi connectivity index (χ3n) is 4.24. The predicted octanol–water partition coefficient (Wildman–Crippen LogP) is 2.87. The van der Waals surface area contributed by atoms with E-state index in [1.54, 1.807) is 11.8 Å². The Hall–Kier alpha value is -1.86. The van der Waals surface area contributed by atoms with E-state index < -0.39 is 12.4 Å². The molecule has 130 valence electrons. The Morgan fingerprint density at radius 1 is 1.12 bits per heavy atom. The van der Waals surface area contributed by atoms with Gasteiger partial charge >= 0.3 is 0 Å². The highest BCUT2D eigenvalue weighted by molar-refractivity contribution is 8.15. The standard InChI is InChI=1S/C19H20N2O3S/c22-16-17-15(21-19(25-17)20-14-9-5-2-6-10-14)12-24-18(16)23-11-13-7-3-1-4-8-13/h1-10,15-18,22H,11-12H2,(H,20,21)/t15-,16+,17-,18+/m0/s1. The zero-order valence-electron chi connectivity index (χ0n) is 13.6. The molecule has 0 saturated carbocycles. The summed E-state index contributed by atoms with van der Waals surface area (Å²) in [4.78, 5) is 4.64. The van der Waals surface area contributed by atoms with Gasteiger partial charge in [-0.25, -0.2) is 0 Å². The van der Waals surface area contributed by atoms with Crippen molar-refractivity contribution in [2.75, 3.05) is 11.9 Å². The van der Waals surface area contributed by atoms with Crippen molar-refractivity contribution in [1.29, 1.82) is 0 Å². The second kappa shape index (κ2) is 7.58. The molecule has 0 aliphatic carbocycles. The summed E-state index contributed by atoms with van der Waals surface area (Å²) in [7, 11) is 0. The number of benzene rings is 2. The molecule has 25 heavy (non-hydrogen) atoms. The van der Waals surface area contributed by atoms with Crippen molar-refractivity contribution in [3.05, 3.63) is 66.2 Å². The minimum absolute atomic E-state index is 0.0530. The maximum atomic E-state index is 10.6. The van der Waals surface area contributed by atoms with Gasteiger partial charge in [0.2, 0.25) is 0 Å². The highest BCUT2D eigenvalue weighted by atomic mass is 32.2. The molecule has 0 aromatic heterocycles. The van der Waals surface area contributed by atoms with Crippen molar-refractivity contribution >= 4 is 22.6 Å². The number of ether oxygens (including phenoxy) is 2. The lowest BCUT2D eigenvalue weighted by molar-refractivity contribution is -0.220. The van der Waals surface area contributed by atoms with E-state index in [0.29, 0.717) is 13.2 Å². The number of aliphatic hydroxyl groups excluding tert-OH is 1. The Labute approximate surface area is 151 Å². The number of fused-ring (bicyclic) bond motifs is 1. The van der Waals surface area contributed by atoms with Crippen molar-refractivity contribution in [3.63, 3.8) is 0 Å². The molecule has 6 heteroatoms. The van der Waals surface area contributed by atoms with Gasteiger partial charge in [0.05, 0.1) is 24.5 Å². The third kappa shape index (κ3) is 3.88. The van der Waals surface area contributed by atoms with Crippen LogP contribution in [0.3, 0.4) is 0 Å². The molecule has 2 aliphatic heterocycles. The van der Waals surface area contributed by atoms with Crippen molar-refractivity contribution in [2.24, 2.45) is 4.99 Å². The van der Waals surface area contributed by atoms with Crippen LogP contribution in [0.15, 0.2) is 65.7 Å². The summed E-state index contributed by atoms with van der Waals surface area (Å²) >= 11 is 1.55. The van der Waals surface area contributed by atoms with E-state index in [0.717, 1.165) is 16.4 Å². The normalized spacial score (nSPS) is 28.3. The summed E-state index contributed by atoms with van der Waals surface area (Å²) in [6.45, 7) is 0.870. The summed E-state index contributed by atoms with van der Waals surface area (Å²) in [6, 6.07) is 19.7. The Morgan fingerprint density at radius 3 is 2.60 bits per heavy atom. The first-order valence-electron chi connectivity index (χ1n) is 8.31. The average Bonchev–Trinajstić information content (AvgIpc) is 3.06. The van der Waals surface area contributed by atoms with Crippen LogP contribution in [0.25, 0.3) is 0 Å². The summed E-state index contributed by atoms with van der Waals surface area (Å²) in [5, 5.41) is 14.7. The molecule has 0 spiro atoms. The largest absolute Gasteiger partial charge is 0.387 e.